The number of amides is 1. The number of nitrogens with one attached hydrogen (secondary N) is 1. The van der Waals surface area contributed by atoms with Crippen molar-refractivity contribution in [2.24, 2.45) is 0 Å². The largest absolute Gasteiger partial charge is 0.481 e. The van der Waals surface area contributed by atoms with Gasteiger partial charge in [0.2, 0.25) is 5.91 Å². The number of carboxylic acids is 1. The van der Waals surface area contributed by atoms with Crippen molar-refractivity contribution in [3.8, 4) is 0 Å². The molecule has 0 radical (unpaired) electrons. The van der Waals surface area contributed by atoms with Gasteiger partial charge in [0.05, 0.1) is 0 Å². The van der Waals surface area contributed by atoms with Gasteiger partial charge in [-0.1, -0.05) is 17.7 Å². The van der Waals surface area contributed by atoms with Crippen molar-refractivity contribution in [2.75, 3.05) is 12.3 Å². The number of aryl methyl sites for hydroxylation is 1. The maximum Gasteiger partial charge on any atom is 0.303 e. The fraction of sp³-hybridized carbons (Fsp3) is 0.467. The number of benzene rings is 1. The maximum absolute atomic E-state index is 11.5. The molecule has 2 N–H and O–H groups in total. The van der Waals surface area contributed by atoms with Gasteiger partial charge in [-0.05, 0) is 31.9 Å². The number of thioether (sulfide) groups is 1. The monoisotopic (exact) mass is 295 g/mol. The Morgan fingerprint density at radius 2 is 1.80 bits per heavy atom. The normalized spacial score (nSPS) is 10.2. The lowest BCUT2D eigenvalue weighted by Gasteiger charge is -2.05. The van der Waals surface area contributed by atoms with Crippen molar-refractivity contribution in [3.63, 3.8) is 0 Å². The van der Waals surface area contributed by atoms with E-state index in [0.29, 0.717) is 25.8 Å². The van der Waals surface area contributed by atoms with E-state index in [0.717, 1.165) is 5.75 Å². The molecule has 20 heavy (non-hydrogen) atoms. The SMILES string of the molecule is Cc1ccc(SCCNC(=O)CCCCC(=O)O)cc1. The summed E-state index contributed by atoms with van der Waals surface area (Å²) < 4.78 is 0. The highest BCUT2D eigenvalue weighted by molar-refractivity contribution is 7.99. The molecule has 0 atom stereocenters. The van der Waals surface area contributed by atoms with Crippen LogP contribution >= 0.6 is 11.8 Å². The zero-order valence-corrected chi connectivity index (χ0v) is 12.5. The van der Waals surface area contributed by atoms with E-state index in [1.165, 1.54) is 10.5 Å². The van der Waals surface area contributed by atoms with Crippen LogP contribution in [0, 0.1) is 6.92 Å². The molecule has 0 aliphatic heterocycles. The van der Waals surface area contributed by atoms with E-state index in [1.807, 2.05) is 0 Å². The molecule has 0 aliphatic carbocycles. The van der Waals surface area contributed by atoms with E-state index in [1.54, 1.807) is 11.8 Å². The van der Waals surface area contributed by atoms with Gasteiger partial charge in [-0.15, -0.1) is 11.8 Å². The number of hydrogen-bond donors (Lipinski definition) is 2. The Balaban J connectivity index is 2.04. The lowest BCUT2D eigenvalue weighted by Crippen LogP contribution is -2.25. The Hall–Kier alpha value is -1.49. The second-order valence-corrected chi connectivity index (χ2v) is 5.78. The third-order valence-electron chi connectivity index (χ3n) is 2.76. The lowest BCUT2D eigenvalue weighted by molar-refractivity contribution is -0.137. The van der Waals surface area contributed by atoms with Crippen LogP contribution < -0.4 is 5.32 Å². The highest BCUT2D eigenvalue weighted by Gasteiger charge is 2.02. The van der Waals surface area contributed by atoms with Crippen LogP contribution in [0.25, 0.3) is 0 Å². The van der Waals surface area contributed by atoms with Crippen molar-refractivity contribution in [1.29, 1.82) is 0 Å². The number of carbonyl (C=O) groups excluding carboxylic acids is 1. The third-order valence-corrected chi connectivity index (χ3v) is 3.77. The summed E-state index contributed by atoms with van der Waals surface area (Å²) in [6, 6.07) is 8.30. The predicted molar refractivity (Wildman–Crippen MR) is 81.0 cm³/mol. The lowest BCUT2D eigenvalue weighted by atomic mass is 10.2. The molecule has 1 aromatic rings. The molecule has 1 aromatic carbocycles. The van der Waals surface area contributed by atoms with Crippen molar-refractivity contribution in [1.82, 2.24) is 5.32 Å². The maximum atomic E-state index is 11.5. The van der Waals surface area contributed by atoms with E-state index < -0.39 is 5.97 Å². The Morgan fingerprint density at radius 3 is 2.45 bits per heavy atom. The van der Waals surface area contributed by atoms with Gasteiger partial charge in [0.25, 0.3) is 0 Å². The van der Waals surface area contributed by atoms with E-state index in [9.17, 15) is 9.59 Å². The number of carboxylic acid groups (broad SMARTS) is 1. The van der Waals surface area contributed by atoms with Crippen LogP contribution in [0.3, 0.4) is 0 Å². The Kier molecular flexibility index (Phi) is 7.80. The fourth-order valence-electron chi connectivity index (χ4n) is 1.64. The summed E-state index contributed by atoms with van der Waals surface area (Å²) in [4.78, 5) is 23.0. The molecule has 0 heterocycles. The zero-order valence-electron chi connectivity index (χ0n) is 11.7. The van der Waals surface area contributed by atoms with Crippen LogP contribution in [0.1, 0.15) is 31.2 Å². The molecule has 0 saturated heterocycles. The quantitative estimate of drug-likeness (QED) is 0.543. The molecule has 4 nitrogen and oxygen atoms in total. The standard InChI is InChI=1S/C15H21NO3S/c1-12-6-8-13(9-7-12)20-11-10-16-14(17)4-2-3-5-15(18)19/h6-9H,2-5,10-11H2,1H3,(H,16,17)(H,18,19). The second-order valence-electron chi connectivity index (χ2n) is 4.61. The molecule has 0 bridgehead atoms. The van der Waals surface area contributed by atoms with Crippen LogP contribution in [0.4, 0.5) is 0 Å². The summed E-state index contributed by atoms with van der Waals surface area (Å²) in [6.45, 7) is 2.69. The minimum absolute atomic E-state index is 0.0000973. The van der Waals surface area contributed by atoms with Gasteiger partial charge in [0, 0.05) is 30.0 Å². The first-order valence-electron chi connectivity index (χ1n) is 6.76. The van der Waals surface area contributed by atoms with Crippen molar-refractivity contribution < 1.29 is 14.7 Å². The topological polar surface area (TPSA) is 66.4 Å². The molecule has 1 rings (SSSR count). The van der Waals surface area contributed by atoms with Gasteiger partial charge in [-0.25, -0.2) is 0 Å². The summed E-state index contributed by atoms with van der Waals surface area (Å²) in [7, 11) is 0. The summed E-state index contributed by atoms with van der Waals surface area (Å²) in [5.41, 5.74) is 1.24. The van der Waals surface area contributed by atoms with Crippen LogP contribution in [-0.2, 0) is 9.59 Å². The first kappa shape index (κ1) is 16.6. The molecule has 1 amide bonds. The van der Waals surface area contributed by atoms with E-state index >= 15 is 0 Å². The van der Waals surface area contributed by atoms with Gasteiger partial charge < -0.3 is 10.4 Å². The molecule has 0 aromatic heterocycles. The van der Waals surface area contributed by atoms with Gasteiger partial charge in [-0.3, -0.25) is 9.59 Å². The molecule has 5 heteroatoms. The van der Waals surface area contributed by atoms with Gasteiger partial charge in [0.1, 0.15) is 0 Å². The van der Waals surface area contributed by atoms with Gasteiger partial charge in [-0.2, -0.15) is 0 Å². The van der Waals surface area contributed by atoms with Crippen molar-refractivity contribution in [2.45, 2.75) is 37.5 Å². The van der Waals surface area contributed by atoms with E-state index in [4.69, 9.17) is 5.11 Å². The summed E-state index contributed by atoms with van der Waals surface area (Å²) in [6.07, 6.45) is 1.73. The molecule has 0 unspecified atom stereocenters. The average molecular weight is 295 g/mol. The van der Waals surface area contributed by atoms with Crippen LogP contribution in [0.2, 0.25) is 0 Å². The number of carbonyl (C=O) groups is 2. The highest BCUT2D eigenvalue weighted by atomic mass is 32.2. The minimum Gasteiger partial charge on any atom is -0.481 e. The molecule has 0 fully saturated rings. The highest BCUT2D eigenvalue weighted by Crippen LogP contribution is 2.17. The Labute approximate surface area is 124 Å². The number of rotatable bonds is 9. The number of unbranched alkanes of at least 4 members (excludes halogenated alkanes) is 1. The number of hydrogen-bond acceptors (Lipinski definition) is 3. The third kappa shape index (κ3) is 7.84. The smallest absolute Gasteiger partial charge is 0.303 e. The minimum atomic E-state index is -0.806. The first-order valence-corrected chi connectivity index (χ1v) is 7.74. The van der Waals surface area contributed by atoms with Crippen molar-refractivity contribution in [3.05, 3.63) is 29.8 Å². The van der Waals surface area contributed by atoms with Crippen LogP contribution in [-0.4, -0.2) is 29.3 Å². The van der Waals surface area contributed by atoms with Gasteiger partial charge >= 0.3 is 5.97 Å². The van der Waals surface area contributed by atoms with Gasteiger partial charge in [0.15, 0.2) is 0 Å². The summed E-state index contributed by atoms with van der Waals surface area (Å²) >= 11 is 1.71. The Morgan fingerprint density at radius 1 is 1.15 bits per heavy atom. The zero-order chi connectivity index (χ0) is 14.8. The predicted octanol–water partition coefficient (Wildman–Crippen LogP) is 2.85. The molecule has 110 valence electrons. The van der Waals surface area contributed by atoms with E-state index in [2.05, 4.69) is 36.5 Å². The number of aliphatic carboxylic acids is 1. The molecule has 0 saturated carbocycles. The Bertz CT molecular complexity index is 431. The first-order chi connectivity index (χ1) is 9.58. The van der Waals surface area contributed by atoms with Crippen molar-refractivity contribution >= 4 is 23.6 Å². The van der Waals surface area contributed by atoms with E-state index in [-0.39, 0.29) is 12.3 Å². The second kappa shape index (κ2) is 9.42. The summed E-state index contributed by atoms with van der Waals surface area (Å²) in [5, 5.41) is 11.3. The summed E-state index contributed by atoms with van der Waals surface area (Å²) in [5.74, 6) is 0.0315. The fourth-order valence-corrected chi connectivity index (χ4v) is 2.41. The molecular formula is C15H21NO3S. The average Bonchev–Trinajstić information content (AvgIpc) is 2.41. The van der Waals surface area contributed by atoms with Crippen LogP contribution in [0.15, 0.2) is 29.2 Å². The molecule has 0 spiro atoms. The molecule has 0 aliphatic rings. The van der Waals surface area contributed by atoms with Crippen LogP contribution in [0.5, 0.6) is 0 Å². The molecular weight excluding hydrogens is 274 g/mol.